The van der Waals surface area contributed by atoms with Crippen LogP contribution in [0.4, 0.5) is 0 Å². The molecule has 0 aromatic carbocycles. The number of nitrogens with zero attached hydrogens (tertiary/aromatic N) is 1. The van der Waals surface area contributed by atoms with E-state index in [0.29, 0.717) is 6.04 Å². The predicted molar refractivity (Wildman–Crippen MR) is 47.9 cm³/mol. The lowest BCUT2D eigenvalue weighted by atomic mass is 10.3. The summed E-state index contributed by atoms with van der Waals surface area (Å²) in [6, 6.07) is 0.330. The second-order valence-corrected chi connectivity index (χ2v) is 3.43. The van der Waals surface area contributed by atoms with E-state index in [2.05, 4.69) is 12.6 Å². The minimum Gasteiger partial charge on any atom is -0.481 e. The topological polar surface area (TPSA) is 40.5 Å². The van der Waals surface area contributed by atoms with Crippen molar-refractivity contribution in [3.8, 4) is 0 Å². The highest BCUT2D eigenvalue weighted by atomic mass is 32.1. The van der Waals surface area contributed by atoms with E-state index in [1.165, 1.54) is 0 Å². The largest absolute Gasteiger partial charge is 0.481 e. The Hall–Kier alpha value is -0.220. The molecule has 0 rings (SSSR count). The van der Waals surface area contributed by atoms with Crippen molar-refractivity contribution < 1.29 is 9.90 Å². The van der Waals surface area contributed by atoms with E-state index in [-0.39, 0.29) is 11.8 Å². The van der Waals surface area contributed by atoms with Crippen LogP contribution in [0.25, 0.3) is 0 Å². The molecular weight excluding hydrogens is 162 g/mol. The van der Waals surface area contributed by atoms with E-state index in [0.717, 1.165) is 0 Å². The number of carbonyl (C=O) groups is 1. The number of hydrogen-bond donors (Lipinski definition) is 2. The van der Waals surface area contributed by atoms with Crippen LogP contribution in [0, 0.1) is 0 Å². The van der Waals surface area contributed by atoms with Gasteiger partial charge >= 0.3 is 5.97 Å². The third-order valence-electron chi connectivity index (χ3n) is 1.64. The second-order valence-electron chi connectivity index (χ2n) is 2.84. The van der Waals surface area contributed by atoms with Gasteiger partial charge in [0.05, 0.1) is 11.8 Å². The van der Waals surface area contributed by atoms with Crippen LogP contribution in [-0.2, 0) is 4.79 Å². The van der Waals surface area contributed by atoms with E-state index in [1.807, 2.05) is 25.8 Å². The Morgan fingerprint density at radius 2 is 2.09 bits per heavy atom. The molecule has 11 heavy (non-hydrogen) atoms. The molecule has 0 amide bonds. The number of carboxylic acids is 1. The van der Waals surface area contributed by atoms with E-state index in [9.17, 15) is 4.79 Å². The van der Waals surface area contributed by atoms with Gasteiger partial charge in [-0.25, -0.2) is 0 Å². The molecule has 1 N–H and O–H groups in total. The van der Waals surface area contributed by atoms with Gasteiger partial charge in [-0.1, -0.05) is 0 Å². The molecule has 1 atom stereocenters. The van der Waals surface area contributed by atoms with Gasteiger partial charge in [0, 0.05) is 6.04 Å². The summed E-state index contributed by atoms with van der Waals surface area (Å²) in [7, 11) is 1.87. The van der Waals surface area contributed by atoms with Gasteiger partial charge in [0.25, 0.3) is 0 Å². The van der Waals surface area contributed by atoms with Crippen molar-refractivity contribution in [3.05, 3.63) is 0 Å². The molecule has 0 saturated heterocycles. The van der Waals surface area contributed by atoms with Crippen LogP contribution < -0.4 is 0 Å². The molecule has 0 aliphatic heterocycles. The molecule has 0 bridgehead atoms. The fourth-order valence-electron chi connectivity index (χ4n) is 0.644. The maximum atomic E-state index is 10.3. The summed E-state index contributed by atoms with van der Waals surface area (Å²) >= 11 is 4.15. The van der Waals surface area contributed by atoms with E-state index in [1.54, 1.807) is 0 Å². The first-order chi connectivity index (χ1) is 4.95. The van der Waals surface area contributed by atoms with E-state index in [4.69, 9.17) is 5.11 Å². The lowest BCUT2D eigenvalue weighted by Gasteiger charge is -2.26. The van der Waals surface area contributed by atoms with Crippen molar-refractivity contribution in [1.82, 2.24) is 4.90 Å². The minimum absolute atomic E-state index is 0.0811. The Labute approximate surface area is 72.8 Å². The molecule has 1 unspecified atom stereocenters. The number of carboxylic acid groups (broad SMARTS) is 1. The summed E-state index contributed by atoms with van der Waals surface area (Å²) < 4.78 is 0. The van der Waals surface area contributed by atoms with Gasteiger partial charge in [0.2, 0.25) is 0 Å². The highest BCUT2D eigenvalue weighted by Crippen LogP contribution is 2.09. The molecule has 4 heteroatoms. The Morgan fingerprint density at radius 3 is 2.36 bits per heavy atom. The van der Waals surface area contributed by atoms with Gasteiger partial charge in [-0.3, -0.25) is 9.69 Å². The number of hydrogen-bond acceptors (Lipinski definition) is 3. The summed E-state index contributed by atoms with van der Waals surface area (Å²) in [5, 5.41) is 8.25. The first-order valence-electron chi connectivity index (χ1n) is 3.57. The summed E-state index contributed by atoms with van der Waals surface area (Å²) in [4.78, 5) is 12.2. The summed E-state index contributed by atoms with van der Waals surface area (Å²) in [6.45, 7) is 4.01. The Bertz CT molecular complexity index is 138. The Morgan fingerprint density at radius 1 is 1.64 bits per heavy atom. The molecule has 0 heterocycles. The van der Waals surface area contributed by atoms with Crippen LogP contribution in [-0.4, -0.2) is 34.4 Å². The van der Waals surface area contributed by atoms with Gasteiger partial charge in [-0.15, -0.1) is 0 Å². The highest BCUT2D eigenvalue weighted by Gasteiger charge is 2.15. The smallest absolute Gasteiger partial charge is 0.305 e. The molecule has 0 aromatic rings. The van der Waals surface area contributed by atoms with Gasteiger partial charge in [-0.2, -0.15) is 12.6 Å². The molecule has 0 radical (unpaired) electrons. The lowest BCUT2D eigenvalue weighted by Crippen LogP contribution is -2.34. The van der Waals surface area contributed by atoms with Crippen LogP contribution in [0.3, 0.4) is 0 Å². The SMILES string of the molecule is CC(C)N(C)C(S)CC(=O)O. The standard InChI is InChI=1S/C7H15NO2S/c1-5(2)8(3)6(11)4-7(9)10/h5-6,11H,4H2,1-3H3,(H,9,10). The van der Waals surface area contributed by atoms with Gasteiger partial charge in [0.1, 0.15) is 0 Å². The quantitative estimate of drug-likeness (QED) is 0.498. The maximum Gasteiger partial charge on any atom is 0.305 e. The van der Waals surface area contributed by atoms with Crippen LogP contribution in [0.5, 0.6) is 0 Å². The van der Waals surface area contributed by atoms with Gasteiger partial charge in [0.15, 0.2) is 0 Å². The average Bonchev–Trinajstić information content (AvgIpc) is 1.84. The zero-order valence-corrected chi connectivity index (χ0v) is 8.01. The first-order valence-corrected chi connectivity index (χ1v) is 4.08. The number of thiol groups is 1. The van der Waals surface area contributed by atoms with Crippen molar-refractivity contribution in [2.24, 2.45) is 0 Å². The van der Waals surface area contributed by atoms with Crippen molar-refractivity contribution in [2.75, 3.05) is 7.05 Å². The fourth-order valence-corrected chi connectivity index (χ4v) is 1.07. The van der Waals surface area contributed by atoms with E-state index < -0.39 is 5.97 Å². The fraction of sp³-hybridized carbons (Fsp3) is 0.857. The number of rotatable bonds is 4. The van der Waals surface area contributed by atoms with Gasteiger partial charge in [-0.05, 0) is 20.9 Å². The zero-order chi connectivity index (χ0) is 9.02. The third-order valence-corrected chi connectivity index (χ3v) is 2.19. The highest BCUT2D eigenvalue weighted by molar-refractivity contribution is 7.80. The van der Waals surface area contributed by atoms with Crippen LogP contribution in [0.2, 0.25) is 0 Å². The molecule has 0 aliphatic rings. The molecule has 3 nitrogen and oxygen atoms in total. The molecule has 0 aliphatic carbocycles. The summed E-state index contributed by atoms with van der Waals surface area (Å²) in [5.74, 6) is -0.808. The molecule has 0 saturated carbocycles. The van der Waals surface area contributed by atoms with Crippen LogP contribution in [0.1, 0.15) is 20.3 Å². The van der Waals surface area contributed by atoms with Crippen molar-refractivity contribution in [3.63, 3.8) is 0 Å². The molecule has 0 fully saturated rings. The predicted octanol–water partition coefficient (Wildman–Crippen LogP) is 1.06. The molecule has 0 spiro atoms. The maximum absolute atomic E-state index is 10.3. The van der Waals surface area contributed by atoms with Crippen molar-refractivity contribution >= 4 is 18.6 Å². The monoisotopic (exact) mass is 177 g/mol. The zero-order valence-electron chi connectivity index (χ0n) is 7.11. The Kier molecular flexibility index (Phi) is 4.52. The molecule has 66 valence electrons. The molecule has 0 aromatic heterocycles. The first kappa shape index (κ1) is 10.8. The number of aliphatic carboxylic acids is 1. The minimum atomic E-state index is -0.808. The average molecular weight is 177 g/mol. The lowest BCUT2D eigenvalue weighted by molar-refractivity contribution is -0.137. The van der Waals surface area contributed by atoms with Crippen molar-refractivity contribution in [1.29, 1.82) is 0 Å². The van der Waals surface area contributed by atoms with Crippen LogP contribution >= 0.6 is 12.6 Å². The van der Waals surface area contributed by atoms with E-state index >= 15 is 0 Å². The summed E-state index contributed by atoms with van der Waals surface area (Å²) in [5.41, 5.74) is 0. The third kappa shape index (κ3) is 4.27. The molecular formula is C7H15NO2S. The van der Waals surface area contributed by atoms with Crippen LogP contribution in [0.15, 0.2) is 0 Å². The normalized spacial score (nSPS) is 14.0. The second kappa shape index (κ2) is 4.62. The van der Waals surface area contributed by atoms with Gasteiger partial charge < -0.3 is 5.11 Å². The van der Waals surface area contributed by atoms with Crippen molar-refractivity contribution in [2.45, 2.75) is 31.7 Å². The summed E-state index contributed by atoms with van der Waals surface area (Å²) in [6.07, 6.45) is 0.0811. The Balaban J connectivity index is 3.82.